The minimum atomic E-state index is -3.62. The summed E-state index contributed by atoms with van der Waals surface area (Å²) in [5, 5.41) is 4.65. The molecular formula is C4H11ClN2O4S2. The SMILES string of the molecule is NS(=O)(=O)CCNS(=O)(=O)CCCl. The Morgan fingerprint density at radius 1 is 1.15 bits per heavy atom. The zero-order valence-electron chi connectivity index (χ0n) is 6.73. The van der Waals surface area contributed by atoms with Gasteiger partial charge in [-0.2, -0.15) is 0 Å². The molecule has 0 fully saturated rings. The fourth-order valence-corrected chi connectivity index (χ4v) is 2.40. The lowest BCUT2D eigenvalue weighted by Crippen LogP contribution is -2.33. The molecule has 0 aliphatic rings. The Hall–Kier alpha value is 0.110. The Labute approximate surface area is 82.5 Å². The van der Waals surface area contributed by atoms with E-state index in [0.29, 0.717) is 0 Å². The lowest BCUT2D eigenvalue weighted by atomic mass is 10.8. The zero-order chi connectivity index (χ0) is 10.5. The van der Waals surface area contributed by atoms with Gasteiger partial charge in [-0.1, -0.05) is 0 Å². The third kappa shape index (κ3) is 8.44. The third-order valence-corrected chi connectivity index (χ3v) is 3.63. The van der Waals surface area contributed by atoms with Gasteiger partial charge in [-0.25, -0.2) is 26.7 Å². The van der Waals surface area contributed by atoms with Crippen LogP contribution in [0.25, 0.3) is 0 Å². The number of rotatable bonds is 6. The van der Waals surface area contributed by atoms with Gasteiger partial charge >= 0.3 is 0 Å². The lowest BCUT2D eigenvalue weighted by Gasteiger charge is -2.02. The average Bonchev–Trinajstić information content (AvgIpc) is 1.82. The molecule has 0 aromatic heterocycles. The summed E-state index contributed by atoms with van der Waals surface area (Å²) in [4.78, 5) is 0. The molecule has 0 aliphatic carbocycles. The molecule has 0 spiro atoms. The molecule has 0 rings (SSSR count). The molecular weight excluding hydrogens is 240 g/mol. The van der Waals surface area contributed by atoms with Crippen LogP contribution in [-0.4, -0.2) is 40.8 Å². The van der Waals surface area contributed by atoms with E-state index in [1.54, 1.807) is 0 Å². The van der Waals surface area contributed by atoms with Crippen LogP contribution < -0.4 is 9.86 Å². The maximum atomic E-state index is 10.9. The standard InChI is InChI=1S/C4H11ClN2O4S2/c5-1-3-13(10,11)7-2-4-12(6,8)9/h7H,1-4H2,(H2,6,8,9). The van der Waals surface area contributed by atoms with Crippen LogP contribution >= 0.6 is 11.6 Å². The van der Waals surface area contributed by atoms with Crippen molar-refractivity contribution in [2.24, 2.45) is 5.14 Å². The van der Waals surface area contributed by atoms with Gasteiger partial charge in [-0.05, 0) is 0 Å². The number of hydrogen-bond acceptors (Lipinski definition) is 4. The summed E-state index contributed by atoms with van der Waals surface area (Å²) < 4.78 is 44.6. The lowest BCUT2D eigenvalue weighted by molar-refractivity contribution is 0.582. The number of nitrogens with two attached hydrogens (primary N) is 1. The largest absolute Gasteiger partial charge is 0.229 e. The second-order valence-electron chi connectivity index (χ2n) is 2.27. The summed E-state index contributed by atoms with van der Waals surface area (Å²) in [6, 6.07) is 0. The van der Waals surface area contributed by atoms with E-state index >= 15 is 0 Å². The van der Waals surface area contributed by atoms with E-state index < -0.39 is 25.8 Å². The van der Waals surface area contributed by atoms with E-state index in [0.717, 1.165) is 0 Å². The number of nitrogens with one attached hydrogen (secondary N) is 1. The number of primary sulfonamides is 1. The fourth-order valence-electron chi connectivity index (χ4n) is 0.513. The Morgan fingerprint density at radius 2 is 1.69 bits per heavy atom. The van der Waals surface area contributed by atoms with Crippen LogP contribution in [0.15, 0.2) is 0 Å². The average molecular weight is 251 g/mol. The minimum Gasteiger partial charge on any atom is -0.229 e. The first-order valence-corrected chi connectivity index (χ1v) is 7.21. The van der Waals surface area contributed by atoms with Gasteiger partial charge in [-0.15, -0.1) is 11.6 Å². The fraction of sp³-hybridized carbons (Fsp3) is 1.00. The monoisotopic (exact) mass is 250 g/mol. The van der Waals surface area contributed by atoms with Crippen molar-refractivity contribution in [2.45, 2.75) is 0 Å². The normalized spacial score (nSPS) is 13.1. The van der Waals surface area contributed by atoms with Gasteiger partial charge in [0.25, 0.3) is 0 Å². The van der Waals surface area contributed by atoms with Crippen LogP contribution in [0.2, 0.25) is 0 Å². The zero-order valence-corrected chi connectivity index (χ0v) is 9.12. The van der Waals surface area contributed by atoms with E-state index in [2.05, 4.69) is 5.14 Å². The highest BCUT2D eigenvalue weighted by Crippen LogP contribution is 1.86. The van der Waals surface area contributed by atoms with Crippen molar-refractivity contribution in [1.82, 2.24) is 4.72 Å². The molecule has 0 aliphatic heterocycles. The number of sulfonamides is 2. The van der Waals surface area contributed by atoms with E-state index in [1.165, 1.54) is 0 Å². The quantitative estimate of drug-likeness (QED) is 0.556. The van der Waals surface area contributed by atoms with Crippen molar-refractivity contribution >= 4 is 31.6 Å². The van der Waals surface area contributed by atoms with Crippen molar-refractivity contribution in [3.63, 3.8) is 0 Å². The summed E-state index contributed by atoms with van der Waals surface area (Å²) in [5.41, 5.74) is 0. The van der Waals surface area contributed by atoms with Crippen molar-refractivity contribution in [3.8, 4) is 0 Å². The molecule has 0 aromatic carbocycles. The van der Waals surface area contributed by atoms with Crippen LogP contribution in [0, 0.1) is 0 Å². The van der Waals surface area contributed by atoms with Crippen molar-refractivity contribution in [1.29, 1.82) is 0 Å². The van der Waals surface area contributed by atoms with Gasteiger partial charge in [0.2, 0.25) is 20.0 Å². The van der Waals surface area contributed by atoms with Gasteiger partial charge < -0.3 is 0 Å². The van der Waals surface area contributed by atoms with Crippen molar-refractivity contribution < 1.29 is 16.8 Å². The van der Waals surface area contributed by atoms with Crippen molar-refractivity contribution in [2.75, 3.05) is 23.9 Å². The van der Waals surface area contributed by atoms with Crippen LogP contribution in [-0.2, 0) is 20.0 Å². The molecule has 0 aromatic rings. The molecule has 13 heavy (non-hydrogen) atoms. The molecule has 80 valence electrons. The maximum absolute atomic E-state index is 10.9. The van der Waals surface area contributed by atoms with E-state index in [-0.39, 0.29) is 18.2 Å². The predicted molar refractivity (Wildman–Crippen MR) is 50.5 cm³/mol. The first-order chi connectivity index (χ1) is 5.77. The van der Waals surface area contributed by atoms with Crippen LogP contribution in [0.4, 0.5) is 0 Å². The molecule has 0 bridgehead atoms. The molecule has 0 saturated heterocycles. The molecule has 0 amide bonds. The van der Waals surface area contributed by atoms with Gasteiger partial charge in [0.05, 0.1) is 11.5 Å². The van der Waals surface area contributed by atoms with Crippen molar-refractivity contribution in [3.05, 3.63) is 0 Å². The Kier molecular flexibility index (Phi) is 5.15. The molecule has 0 heterocycles. The number of alkyl halides is 1. The second-order valence-corrected chi connectivity index (χ2v) is 6.31. The molecule has 0 saturated carbocycles. The molecule has 6 nitrogen and oxygen atoms in total. The smallest absolute Gasteiger partial charge is 0.212 e. The highest BCUT2D eigenvalue weighted by atomic mass is 35.5. The Balaban J connectivity index is 3.91. The summed E-state index contributed by atoms with van der Waals surface area (Å²) in [5.74, 6) is -0.696. The molecule has 0 radical (unpaired) electrons. The van der Waals surface area contributed by atoms with E-state index in [1.807, 2.05) is 4.72 Å². The predicted octanol–water partition coefficient (Wildman–Crippen LogP) is -1.57. The molecule has 3 N–H and O–H groups in total. The topological polar surface area (TPSA) is 106 Å². The highest BCUT2D eigenvalue weighted by molar-refractivity contribution is 7.90. The first kappa shape index (κ1) is 13.1. The van der Waals surface area contributed by atoms with Crippen LogP contribution in [0.3, 0.4) is 0 Å². The number of hydrogen-bond donors (Lipinski definition) is 2. The van der Waals surface area contributed by atoms with Gasteiger partial charge in [0, 0.05) is 12.4 Å². The minimum absolute atomic E-state index is 0.0370. The summed E-state index contributed by atoms with van der Waals surface area (Å²) >= 11 is 5.19. The third-order valence-electron chi connectivity index (χ3n) is 1.05. The van der Waals surface area contributed by atoms with Crippen LogP contribution in [0.1, 0.15) is 0 Å². The van der Waals surface area contributed by atoms with Crippen LogP contribution in [0.5, 0.6) is 0 Å². The van der Waals surface area contributed by atoms with Gasteiger partial charge in [0.15, 0.2) is 0 Å². The van der Waals surface area contributed by atoms with Gasteiger partial charge in [-0.3, -0.25) is 0 Å². The first-order valence-electron chi connectivity index (χ1n) is 3.30. The molecule has 0 unspecified atom stereocenters. The number of halogens is 1. The summed E-state index contributed by atoms with van der Waals surface area (Å²) in [6.45, 7) is -0.224. The highest BCUT2D eigenvalue weighted by Gasteiger charge is 2.10. The Morgan fingerprint density at radius 3 is 2.08 bits per heavy atom. The van der Waals surface area contributed by atoms with E-state index in [9.17, 15) is 16.8 Å². The maximum Gasteiger partial charge on any atom is 0.212 e. The molecule has 0 atom stereocenters. The van der Waals surface area contributed by atoms with E-state index in [4.69, 9.17) is 11.6 Å². The van der Waals surface area contributed by atoms with Gasteiger partial charge in [0.1, 0.15) is 0 Å². The Bertz CT molecular complexity index is 335. The summed E-state index contributed by atoms with van der Waals surface area (Å²) in [7, 11) is -7.08. The second kappa shape index (κ2) is 5.11. The summed E-state index contributed by atoms with van der Waals surface area (Å²) in [6.07, 6.45) is 0. The molecule has 9 heteroatoms.